The summed E-state index contributed by atoms with van der Waals surface area (Å²) in [6.07, 6.45) is 3.39. The number of aromatic nitrogens is 5. The van der Waals surface area contributed by atoms with E-state index in [1.165, 1.54) is 0 Å². The zero-order valence-electron chi connectivity index (χ0n) is 10.0. The van der Waals surface area contributed by atoms with E-state index in [0.29, 0.717) is 23.0 Å². The molecule has 0 spiro atoms. The number of imidazole rings is 1. The quantitative estimate of drug-likeness (QED) is 0.739. The number of hydrogen-bond donors (Lipinski definition) is 1. The summed E-state index contributed by atoms with van der Waals surface area (Å²) in [7, 11) is 1.58. The maximum Gasteiger partial charge on any atom is 0.215 e. The average Bonchev–Trinajstić information content (AvgIpc) is 2.82. The Balaban J connectivity index is 2.10. The summed E-state index contributed by atoms with van der Waals surface area (Å²) in [6.45, 7) is 1.89. The van der Waals surface area contributed by atoms with E-state index in [0.717, 1.165) is 11.2 Å². The van der Waals surface area contributed by atoms with Gasteiger partial charge in [0.15, 0.2) is 11.5 Å². The van der Waals surface area contributed by atoms with Gasteiger partial charge < -0.3 is 9.72 Å². The van der Waals surface area contributed by atoms with Crippen LogP contribution in [-0.2, 0) is 0 Å². The summed E-state index contributed by atoms with van der Waals surface area (Å²) in [6, 6.07) is 3.66. The molecule has 1 N–H and O–H groups in total. The van der Waals surface area contributed by atoms with Gasteiger partial charge in [0.25, 0.3) is 0 Å². The molecule has 18 heavy (non-hydrogen) atoms. The van der Waals surface area contributed by atoms with Gasteiger partial charge in [-0.15, -0.1) is 0 Å². The summed E-state index contributed by atoms with van der Waals surface area (Å²) in [5.74, 6) is 1.19. The molecule has 0 unspecified atom stereocenters. The van der Waals surface area contributed by atoms with Crippen molar-refractivity contribution >= 4 is 11.2 Å². The van der Waals surface area contributed by atoms with Crippen LogP contribution >= 0.6 is 0 Å². The first-order valence-electron chi connectivity index (χ1n) is 5.46. The van der Waals surface area contributed by atoms with Gasteiger partial charge in [-0.25, -0.2) is 9.97 Å². The van der Waals surface area contributed by atoms with E-state index in [2.05, 4.69) is 24.9 Å². The van der Waals surface area contributed by atoms with Crippen LogP contribution in [0.3, 0.4) is 0 Å². The molecule has 0 amide bonds. The molecule has 0 aliphatic heterocycles. The molecule has 0 radical (unpaired) electrons. The van der Waals surface area contributed by atoms with Crippen LogP contribution in [-0.4, -0.2) is 32.0 Å². The highest BCUT2D eigenvalue weighted by atomic mass is 16.5. The van der Waals surface area contributed by atoms with E-state index in [4.69, 9.17) is 4.74 Å². The standard InChI is InChI=1S/C12H11N5O/c1-7-5-14-9(6-13-7)12-15-8-3-4-10(18-2)16-11(8)17-12/h3-6H,1-2H3,(H,15,16,17). The molecule has 0 atom stereocenters. The summed E-state index contributed by atoms with van der Waals surface area (Å²) >= 11 is 0. The van der Waals surface area contributed by atoms with Crippen molar-refractivity contribution in [1.29, 1.82) is 0 Å². The van der Waals surface area contributed by atoms with Gasteiger partial charge >= 0.3 is 0 Å². The largest absolute Gasteiger partial charge is 0.481 e. The fourth-order valence-corrected chi connectivity index (χ4v) is 1.63. The minimum absolute atomic E-state index is 0.538. The Hall–Kier alpha value is -2.50. The van der Waals surface area contributed by atoms with Gasteiger partial charge in [-0.2, -0.15) is 4.98 Å². The molecular weight excluding hydrogens is 230 g/mol. The Morgan fingerprint density at radius 3 is 2.72 bits per heavy atom. The Labute approximate surface area is 103 Å². The molecule has 0 bridgehead atoms. The number of pyridine rings is 1. The molecule has 0 aliphatic carbocycles. The van der Waals surface area contributed by atoms with Crippen molar-refractivity contribution in [3.8, 4) is 17.4 Å². The molecule has 3 heterocycles. The number of nitrogens with zero attached hydrogens (tertiary/aromatic N) is 4. The molecule has 0 saturated heterocycles. The third kappa shape index (κ3) is 1.77. The minimum Gasteiger partial charge on any atom is -0.481 e. The fraction of sp³-hybridized carbons (Fsp3) is 0.167. The lowest BCUT2D eigenvalue weighted by molar-refractivity contribution is 0.399. The van der Waals surface area contributed by atoms with Crippen LogP contribution in [0, 0.1) is 6.92 Å². The minimum atomic E-state index is 0.538. The van der Waals surface area contributed by atoms with Crippen LogP contribution in [0.5, 0.6) is 5.88 Å². The average molecular weight is 241 g/mol. The predicted molar refractivity (Wildman–Crippen MR) is 66.2 cm³/mol. The smallest absolute Gasteiger partial charge is 0.215 e. The number of aryl methyl sites for hydroxylation is 1. The Morgan fingerprint density at radius 2 is 2.00 bits per heavy atom. The van der Waals surface area contributed by atoms with Gasteiger partial charge in [0, 0.05) is 12.3 Å². The van der Waals surface area contributed by atoms with Crippen LogP contribution < -0.4 is 4.74 Å². The molecule has 3 aromatic rings. The van der Waals surface area contributed by atoms with E-state index < -0.39 is 0 Å². The number of rotatable bonds is 2. The van der Waals surface area contributed by atoms with Crippen LogP contribution in [0.25, 0.3) is 22.7 Å². The molecule has 0 fully saturated rings. The van der Waals surface area contributed by atoms with Crippen molar-refractivity contribution in [2.45, 2.75) is 6.92 Å². The fourth-order valence-electron chi connectivity index (χ4n) is 1.63. The molecule has 0 aliphatic rings. The van der Waals surface area contributed by atoms with Gasteiger partial charge in [0.1, 0.15) is 5.69 Å². The zero-order valence-corrected chi connectivity index (χ0v) is 10.0. The molecule has 3 rings (SSSR count). The lowest BCUT2D eigenvalue weighted by atomic mass is 10.4. The first kappa shape index (κ1) is 10.6. The van der Waals surface area contributed by atoms with Crippen LogP contribution in [0.1, 0.15) is 5.69 Å². The lowest BCUT2D eigenvalue weighted by Crippen LogP contribution is -1.89. The van der Waals surface area contributed by atoms with E-state index >= 15 is 0 Å². The second-order valence-electron chi connectivity index (χ2n) is 3.85. The summed E-state index contributed by atoms with van der Waals surface area (Å²) < 4.78 is 5.06. The van der Waals surface area contributed by atoms with Crippen molar-refractivity contribution in [2.24, 2.45) is 0 Å². The van der Waals surface area contributed by atoms with Gasteiger partial charge in [-0.05, 0) is 13.0 Å². The second kappa shape index (κ2) is 4.06. The predicted octanol–water partition coefficient (Wildman–Crippen LogP) is 1.73. The number of nitrogens with one attached hydrogen (secondary N) is 1. The van der Waals surface area contributed by atoms with Crippen LogP contribution in [0.4, 0.5) is 0 Å². The van der Waals surface area contributed by atoms with Crippen molar-refractivity contribution in [2.75, 3.05) is 7.11 Å². The zero-order chi connectivity index (χ0) is 12.5. The van der Waals surface area contributed by atoms with E-state index in [9.17, 15) is 0 Å². The Kier molecular flexibility index (Phi) is 2.40. The molecule has 0 saturated carbocycles. The Bertz CT molecular complexity index is 689. The van der Waals surface area contributed by atoms with Crippen LogP contribution in [0.2, 0.25) is 0 Å². The third-order valence-electron chi connectivity index (χ3n) is 2.55. The van der Waals surface area contributed by atoms with Crippen molar-refractivity contribution < 1.29 is 4.74 Å². The van der Waals surface area contributed by atoms with Gasteiger partial charge in [0.05, 0.1) is 24.5 Å². The Morgan fingerprint density at radius 1 is 1.11 bits per heavy atom. The molecular formula is C12H11N5O. The highest BCUT2D eigenvalue weighted by Gasteiger charge is 2.08. The molecule has 6 nitrogen and oxygen atoms in total. The van der Waals surface area contributed by atoms with Crippen LogP contribution in [0.15, 0.2) is 24.5 Å². The number of ether oxygens (including phenoxy) is 1. The number of methoxy groups -OCH3 is 1. The highest BCUT2D eigenvalue weighted by molar-refractivity contribution is 5.75. The van der Waals surface area contributed by atoms with E-state index in [1.807, 2.05) is 13.0 Å². The first-order chi connectivity index (χ1) is 8.76. The molecule has 0 aromatic carbocycles. The van der Waals surface area contributed by atoms with Gasteiger partial charge in [0.2, 0.25) is 5.88 Å². The van der Waals surface area contributed by atoms with E-state index in [-0.39, 0.29) is 0 Å². The first-order valence-corrected chi connectivity index (χ1v) is 5.46. The molecule has 3 aromatic heterocycles. The number of H-pyrrole nitrogens is 1. The third-order valence-corrected chi connectivity index (χ3v) is 2.55. The van der Waals surface area contributed by atoms with Crippen molar-refractivity contribution in [3.05, 3.63) is 30.2 Å². The number of fused-ring (bicyclic) bond motifs is 1. The molecule has 6 heteroatoms. The second-order valence-corrected chi connectivity index (χ2v) is 3.85. The number of hydrogen-bond acceptors (Lipinski definition) is 5. The lowest BCUT2D eigenvalue weighted by Gasteiger charge is -1.95. The van der Waals surface area contributed by atoms with E-state index in [1.54, 1.807) is 25.6 Å². The topological polar surface area (TPSA) is 76.6 Å². The maximum atomic E-state index is 5.06. The monoisotopic (exact) mass is 241 g/mol. The normalized spacial score (nSPS) is 10.8. The summed E-state index contributed by atoms with van der Waals surface area (Å²) in [4.78, 5) is 20.2. The van der Waals surface area contributed by atoms with Crippen molar-refractivity contribution in [3.63, 3.8) is 0 Å². The maximum absolute atomic E-state index is 5.06. The number of aromatic amines is 1. The highest BCUT2D eigenvalue weighted by Crippen LogP contribution is 2.19. The summed E-state index contributed by atoms with van der Waals surface area (Å²) in [5.41, 5.74) is 3.01. The SMILES string of the molecule is COc1ccc2[nH]c(-c3cnc(C)cn3)nc2n1. The van der Waals surface area contributed by atoms with Crippen molar-refractivity contribution in [1.82, 2.24) is 24.9 Å². The van der Waals surface area contributed by atoms with Gasteiger partial charge in [-0.1, -0.05) is 0 Å². The van der Waals surface area contributed by atoms with Gasteiger partial charge in [-0.3, -0.25) is 4.98 Å². The molecule has 90 valence electrons. The summed E-state index contributed by atoms with van der Waals surface area (Å²) in [5, 5.41) is 0.